The zero-order valence-electron chi connectivity index (χ0n) is 12.9. The Labute approximate surface area is 139 Å². The first kappa shape index (κ1) is 16.1. The van der Waals surface area contributed by atoms with Gasteiger partial charge in [0.25, 0.3) is 0 Å². The summed E-state index contributed by atoms with van der Waals surface area (Å²) in [7, 11) is 0. The number of hydrogen-bond acceptors (Lipinski definition) is 4. The van der Waals surface area contributed by atoms with Crippen LogP contribution in [0.5, 0.6) is 0 Å². The van der Waals surface area contributed by atoms with Crippen LogP contribution in [0.4, 0.5) is 0 Å². The molecular weight excluding hydrogens is 308 g/mol. The van der Waals surface area contributed by atoms with E-state index in [1.54, 1.807) is 24.8 Å². The van der Waals surface area contributed by atoms with Crippen molar-refractivity contribution in [2.75, 3.05) is 0 Å². The molecule has 6 heteroatoms. The quantitative estimate of drug-likeness (QED) is 0.895. The number of hydrogen-bond donors (Lipinski definition) is 2. The molecule has 2 heterocycles. The molecule has 2 aromatic heterocycles. The second kappa shape index (κ2) is 6.78. The molecule has 0 radical (unpaired) electrons. The molecule has 2 saturated carbocycles. The van der Waals surface area contributed by atoms with Gasteiger partial charge in [0, 0.05) is 24.8 Å². The third kappa shape index (κ3) is 3.76. The highest BCUT2D eigenvalue weighted by molar-refractivity contribution is 5.75. The van der Waals surface area contributed by atoms with E-state index in [2.05, 4.69) is 9.97 Å². The van der Waals surface area contributed by atoms with Crippen LogP contribution in [0.15, 0.2) is 49.1 Å². The van der Waals surface area contributed by atoms with Gasteiger partial charge in [0.15, 0.2) is 0 Å². The van der Waals surface area contributed by atoms with Crippen LogP contribution in [-0.4, -0.2) is 32.1 Å². The van der Waals surface area contributed by atoms with Gasteiger partial charge in [-0.05, 0) is 47.9 Å². The zero-order valence-corrected chi connectivity index (χ0v) is 12.9. The van der Waals surface area contributed by atoms with Gasteiger partial charge in [-0.25, -0.2) is 0 Å². The minimum Gasteiger partial charge on any atom is -0.481 e. The zero-order chi connectivity index (χ0) is 17.1. The van der Waals surface area contributed by atoms with E-state index >= 15 is 0 Å². The number of rotatable bonds is 4. The Morgan fingerprint density at radius 2 is 1.25 bits per heavy atom. The summed E-state index contributed by atoms with van der Waals surface area (Å²) in [5, 5.41) is 17.3. The van der Waals surface area contributed by atoms with E-state index in [0.717, 1.165) is 24.0 Å². The highest BCUT2D eigenvalue weighted by Crippen LogP contribution is 2.47. The van der Waals surface area contributed by atoms with Gasteiger partial charge in [0.2, 0.25) is 0 Å². The molecule has 0 aromatic carbocycles. The molecule has 24 heavy (non-hydrogen) atoms. The average Bonchev–Trinajstić information content (AvgIpc) is 3.49. The summed E-state index contributed by atoms with van der Waals surface area (Å²) in [6.45, 7) is 0. The van der Waals surface area contributed by atoms with Crippen LogP contribution >= 0.6 is 0 Å². The Kier molecular flexibility index (Phi) is 4.55. The van der Waals surface area contributed by atoms with Gasteiger partial charge in [-0.3, -0.25) is 19.6 Å². The normalized spacial score (nSPS) is 26.7. The van der Waals surface area contributed by atoms with Crippen LogP contribution in [-0.2, 0) is 9.59 Å². The second-order valence-corrected chi connectivity index (χ2v) is 6.15. The number of nitrogens with zero attached hydrogens (tertiary/aromatic N) is 2. The molecule has 0 amide bonds. The van der Waals surface area contributed by atoms with Gasteiger partial charge in [0.1, 0.15) is 0 Å². The highest BCUT2D eigenvalue weighted by atomic mass is 16.4. The summed E-state index contributed by atoms with van der Waals surface area (Å²) < 4.78 is 0. The first-order valence-corrected chi connectivity index (χ1v) is 7.83. The number of carboxylic acids is 2. The maximum absolute atomic E-state index is 10.5. The largest absolute Gasteiger partial charge is 0.481 e. The fourth-order valence-corrected chi connectivity index (χ4v) is 2.86. The summed E-state index contributed by atoms with van der Waals surface area (Å²) in [5.41, 5.74) is 2.09. The van der Waals surface area contributed by atoms with Crippen molar-refractivity contribution in [3.8, 4) is 0 Å². The van der Waals surface area contributed by atoms with Gasteiger partial charge in [-0.1, -0.05) is 12.1 Å². The van der Waals surface area contributed by atoms with Gasteiger partial charge >= 0.3 is 11.9 Å². The maximum Gasteiger partial charge on any atom is 0.307 e. The molecule has 124 valence electrons. The predicted octanol–water partition coefficient (Wildman–Crippen LogP) is 2.54. The molecule has 0 spiro atoms. The molecule has 0 saturated heterocycles. The lowest BCUT2D eigenvalue weighted by Gasteiger charge is -1.94. The van der Waals surface area contributed by atoms with E-state index in [1.165, 1.54) is 0 Å². The molecule has 2 fully saturated rings. The number of carbonyl (C=O) groups is 2. The molecule has 4 atom stereocenters. The molecule has 2 aromatic rings. The van der Waals surface area contributed by atoms with Crippen LogP contribution in [0.1, 0.15) is 35.8 Å². The monoisotopic (exact) mass is 326 g/mol. The van der Waals surface area contributed by atoms with Crippen LogP contribution in [0.3, 0.4) is 0 Å². The van der Waals surface area contributed by atoms with Crippen molar-refractivity contribution in [3.63, 3.8) is 0 Å². The number of pyridine rings is 2. The molecular formula is C18H18N2O4. The third-order valence-electron chi connectivity index (χ3n) is 4.44. The molecule has 0 bridgehead atoms. The molecule has 2 N–H and O–H groups in total. The fraction of sp³-hybridized carbons (Fsp3) is 0.333. The van der Waals surface area contributed by atoms with Crippen LogP contribution < -0.4 is 0 Å². The standard InChI is InChI=1S/2C9H9NO2/c2*11-9(12)8-4-7(8)6-2-1-3-10-5-6/h2*1-3,5,7-8H,4H2,(H,11,12)/t2*7-,8-/m10/s1. The summed E-state index contributed by atoms with van der Waals surface area (Å²) in [4.78, 5) is 28.9. The van der Waals surface area contributed by atoms with Crippen molar-refractivity contribution in [2.45, 2.75) is 24.7 Å². The third-order valence-corrected chi connectivity index (χ3v) is 4.44. The van der Waals surface area contributed by atoms with Crippen LogP contribution in [0.25, 0.3) is 0 Å². The van der Waals surface area contributed by atoms with Crippen molar-refractivity contribution in [3.05, 3.63) is 60.2 Å². The Hall–Kier alpha value is -2.76. The minimum atomic E-state index is -0.691. The summed E-state index contributed by atoms with van der Waals surface area (Å²) >= 11 is 0. The van der Waals surface area contributed by atoms with Crippen LogP contribution in [0.2, 0.25) is 0 Å². The van der Waals surface area contributed by atoms with Crippen molar-refractivity contribution >= 4 is 11.9 Å². The average molecular weight is 326 g/mol. The fourth-order valence-electron chi connectivity index (χ4n) is 2.86. The van der Waals surface area contributed by atoms with E-state index in [-0.39, 0.29) is 23.7 Å². The summed E-state index contributed by atoms with van der Waals surface area (Å²) in [6, 6.07) is 7.54. The Bertz CT molecular complexity index is 657. The molecule has 4 rings (SSSR count). The molecule has 0 aliphatic heterocycles. The highest BCUT2D eigenvalue weighted by Gasteiger charge is 2.44. The van der Waals surface area contributed by atoms with Crippen molar-refractivity contribution in [2.24, 2.45) is 11.8 Å². The lowest BCUT2D eigenvalue weighted by Crippen LogP contribution is -1.98. The second-order valence-electron chi connectivity index (χ2n) is 6.15. The smallest absolute Gasteiger partial charge is 0.307 e. The SMILES string of the molecule is O=C(O)[C@@H]1C[C@@H]1c1cccnc1.O=C(O)[C@H]1C[C@H]1c1cccnc1. The van der Waals surface area contributed by atoms with Crippen molar-refractivity contribution in [1.29, 1.82) is 0 Å². The minimum absolute atomic E-state index is 0.172. The molecule has 0 unspecified atom stereocenters. The van der Waals surface area contributed by atoms with Gasteiger partial charge in [-0.15, -0.1) is 0 Å². The summed E-state index contributed by atoms with van der Waals surface area (Å²) in [6.07, 6.45) is 8.41. The molecule has 2 aliphatic carbocycles. The maximum atomic E-state index is 10.5. The first-order chi connectivity index (χ1) is 11.6. The molecule has 2 aliphatic rings. The van der Waals surface area contributed by atoms with Crippen molar-refractivity contribution in [1.82, 2.24) is 9.97 Å². The van der Waals surface area contributed by atoms with E-state index < -0.39 is 11.9 Å². The number of carboxylic acid groups (broad SMARTS) is 2. The Morgan fingerprint density at radius 3 is 1.50 bits per heavy atom. The Morgan fingerprint density at radius 1 is 0.833 bits per heavy atom. The first-order valence-electron chi connectivity index (χ1n) is 7.83. The van der Waals surface area contributed by atoms with Crippen molar-refractivity contribution < 1.29 is 19.8 Å². The number of aliphatic carboxylic acids is 2. The van der Waals surface area contributed by atoms with E-state index in [9.17, 15) is 9.59 Å². The Balaban J connectivity index is 0.000000141. The van der Waals surface area contributed by atoms with Crippen LogP contribution in [0, 0.1) is 11.8 Å². The predicted molar refractivity (Wildman–Crippen MR) is 85.4 cm³/mol. The topological polar surface area (TPSA) is 100 Å². The van der Waals surface area contributed by atoms with Gasteiger partial charge < -0.3 is 10.2 Å². The van der Waals surface area contributed by atoms with E-state index in [4.69, 9.17) is 10.2 Å². The van der Waals surface area contributed by atoms with Gasteiger partial charge in [-0.2, -0.15) is 0 Å². The lowest BCUT2D eigenvalue weighted by molar-refractivity contribution is -0.139. The molecule has 6 nitrogen and oxygen atoms in total. The van der Waals surface area contributed by atoms with E-state index in [1.807, 2.05) is 24.3 Å². The number of aromatic nitrogens is 2. The lowest BCUT2D eigenvalue weighted by atomic mass is 10.1. The van der Waals surface area contributed by atoms with E-state index in [0.29, 0.717) is 0 Å². The summed E-state index contributed by atoms with van der Waals surface area (Å²) in [5.74, 6) is -1.32. The van der Waals surface area contributed by atoms with Gasteiger partial charge in [0.05, 0.1) is 11.8 Å².